The van der Waals surface area contributed by atoms with Crippen molar-refractivity contribution in [2.45, 2.75) is 18.6 Å². The highest BCUT2D eigenvalue weighted by Crippen LogP contribution is 2.20. The third-order valence-electron chi connectivity index (χ3n) is 4.33. The largest absolute Gasteiger partial charge is 0.378 e. The molecule has 26 heavy (non-hydrogen) atoms. The van der Waals surface area contributed by atoms with E-state index in [9.17, 15) is 14.7 Å². The summed E-state index contributed by atoms with van der Waals surface area (Å²) in [5.41, 5.74) is 6.84. The van der Waals surface area contributed by atoms with Crippen LogP contribution in [0.15, 0.2) is 72.8 Å². The molecule has 0 saturated heterocycles. The van der Waals surface area contributed by atoms with Gasteiger partial charge < -0.3 is 16.2 Å². The number of aliphatic hydroxyl groups is 1. The highest BCUT2D eigenvalue weighted by Gasteiger charge is 2.24. The fourth-order valence-electron chi connectivity index (χ4n) is 2.95. The molecular formula is C21H20N2O3. The summed E-state index contributed by atoms with van der Waals surface area (Å²) in [6.45, 7) is 0. The number of benzene rings is 3. The second-order valence-corrected chi connectivity index (χ2v) is 6.12. The average molecular weight is 348 g/mol. The molecule has 2 atom stereocenters. The van der Waals surface area contributed by atoms with Gasteiger partial charge in [-0.25, -0.2) is 0 Å². The van der Waals surface area contributed by atoms with Crippen molar-refractivity contribution in [2.24, 2.45) is 5.73 Å². The predicted molar refractivity (Wildman–Crippen MR) is 100 cm³/mol. The molecule has 3 aromatic rings. The van der Waals surface area contributed by atoms with E-state index in [2.05, 4.69) is 5.32 Å². The minimum Gasteiger partial charge on any atom is -0.378 e. The van der Waals surface area contributed by atoms with Crippen molar-refractivity contribution in [3.05, 3.63) is 83.9 Å². The summed E-state index contributed by atoms with van der Waals surface area (Å²) in [5.74, 6) is -1.30. The molecule has 0 aromatic heterocycles. The molecule has 3 aromatic carbocycles. The van der Waals surface area contributed by atoms with Crippen LogP contribution in [-0.2, 0) is 16.0 Å². The molecule has 0 aliphatic rings. The molecule has 0 aliphatic carbocycles. The van der Waals surface area contributed by atoms with Gasteiger partial charge in [-0.2, -0.15) is 0 Å². The van der Waals surface area contributed by atoms with Crippen LogP contribution in [0.25, 0.3) is 10.8 Å². The van der Waals surface area contributed by atoms with E-state index in [1.165, 1.54) is 0 Å². The van der Waals surface area contributed by atoms with Gasteiger partial charge in [0.05, 0.1) is 0 Å². The van der Waals surface area contributed by atoms with Crippen LogP contribution in [0.3, 0.4) is 0 Å². The zero-order valence-corrected chi connectivity index (χ0v) is 14.1. The van der Waals surface area contributed by atoms with Crippen LogP contribution in [0.2, 0.25) is 0 Å². The van der Waals surface area contributed by atoms with Gasteiger partial charge in [-0.05, 0) is 21.9 Å². The lowest BCUT2D eigenvalue weighted by Gasteiger charge is -2.19. The first kappa shape index (κ1) is 17.6. The van der Waals surface area contributed by atoms with Crippen LogP contribution in [-0.4, -0.2) is 23.0 Å². The van der Waals surface area contributed by atoms with E-state index in [1.54, 1.807) is 30.3 Å². The first-order valence-corrected chi connectivity index (χ1v) is 8.35. The van der Waals surface area contributed by atoms with Gasteiger partial charge >= 0.3 is 0 Å². The number of carbonyl (C=O) groups is 2. The standard InChI is InChI=1S/C21H20N2O3/c22-20(25)18(23-21(26)19(24)15-8-2-1-3-9-15)13-16-11-6-10-14-7-4-5-12-17(14)16/h1-12,18-19,24H,13H2,(H2,22,25)(H,23,26)/t18-,19+/m1/s1. The van der Waals surface area contributed by atoms with Crippen molar-refractivity contribution in [2.75, 3.05) is 0 Å². The van der Waals surface area contributed by atoms with Gasteiger partial charge in [0, 0.05) is 6.42 Å². The lowest BCUT2D eigenvalue weighted by molar-refractivity contribution is -0.133. The van der Waals surface area contributed by atoms with E-state index in [1.807, 2.05) is 42.5 Å². The highest BCUT2D eigenvalue weighted by atomic mass is 16.3. The maximum atomic E-state index is 12.3. The van der Waals surface area contributed by atoms with Gasteiger partial charge in [0.1, 0.15) is 6.04 Å². The highest BCUT2D eigenvalue weighted by molar-refractivity contribution is 5.90. The Labute approximate surface area is 151 Å². The number of nitrogens with two attached hydrogens (primary N) is 1. The number of hydrogen-bond donors (Lipinski definition) is 3. The fraction of sp³-hybridized carbons (Fsp3) is 0.143. The Hall–Kier alpha value is -3.18. The van der Waals surface area contributed by atoms with E-state index < -0.39 is 24.0 Å². The van der Waals surface area contributed by atoms with Crippen LogP contribution in [0.4, 0.5) is 0 Å². The van der Waals surface area contributed by atoms with Gasteiger partial charge in [-0.15, -0.1) is 0 Å². The maximum absolute atomic E-state index is 12.3. The first-order valence-electron chi connectivity index (χ1n) is 8.35. The summed E-state index contributed by atoms with van der Waals surface area (Å²) in [5, 5.41) is 14.8. The first-order chi connectivity index (χ1) is 12.6. The Kier molecular flexibility index (Phi) is 5.29. The van der Waals surface area contributed by atoms with Gasteiger partial charge in [0.15, 0.2) is 6.10 Å². The molecule has 5 heteroatoms. The molecule has 0 unspecified atom stereocenters. The van der Waals surface area contributed by atoms with Crippen LogP contribution in [0.5, 0.6) is 0 Å². The van der Waals surface area contributed by atoms with Gasteiger partial charge in [0.2, 0.25) is 5.91 Å². The molecule has 0 bridgehead atoms. The quantitative estimate of drug-likeness (QED) is 0.637. The molecule has 0 aliphatic heterocycles. The van der Waals surface area contributed by atoms with Crippen molar-refractivity contribution < 1.29 is 14.7 Å². The maximum Gasteiger partial charge on any atom is 0.254 e. The Morgan fingerprint density at radius 3 is 2.31 bits per heavy atom. The summed E-state index contributed by atoms with van der Waals surface area (Å²) >= 11 is 0. The molecule has 0 radical (unpaired) electrons. The van der Waals surface area contributed by atoms with Gasteiger partial charge in [0.25, 0.3) is 5.91 Å². The second kappa shape index (κ2) is 7.80. The molecule has 3 rings (SSSR count). The van der Waals surface area contributed by atoms with Crippen LogP contribution in [0, 0.1) is 0 Å². The van der Waals surface area contributed by atoms with E-state index in [0.717, 1.165) is 16.3 Å². The average Bonchev–Trinajstić information content (AvgIpc) is 2.67. The van der Waals surface area contributed by atoms with Gasteiger partial charge in [-0.3, -0.25) is 9.59 Å². The van der Waals surface area contributed by atoms with Crippen LogP contribution in [0.1, 0.15) is 17.2 Å². The molecule has 0 saturated carbocycles. The molecule has 2 amide bonds. The van der Waals surface area contributed by atoms with Crippen LogP contribution >= 0.6 is 0 Å². The molecule has 0 spiro atoms. The SMILES string of the molecule is NC(=O)[C@@H](Cc1cccc2ccccc12)NC(=O)[C@@H](O)c1ccccc1. The number of nitrogens with one attached hydrogen (secondary N) is 1. The van der Waals surface area contributed by atoms with E-state index in [-0.39, 0.29) is 6.42 Å². The zero-order chi connectivity index (χ0) is 18.5. The van der Waals surface area contributed by atoms with Crippen LogP contribution < -0.4 is 11.1 Å². The van der Waals surface area contributed by atoms with E-state index in [0.29, 0.717) is 5.56 Å². The second-order valence-electron chi connectivity index (χ2n) is 6.12. The summed E-state index contributed by atoms with van der Waals surface area (Å²) in [7, 11) is 0. The Bertz CT molecular complexity index is 919. The minimum absolute atomic E-state index is 0.254. The van der Waals surface area contributed by atoms with Crippen molar-refractivity contribution in [3.8, 4) is 0 Å². The molecule has 0 fully saturated rings. The molecular weight excluding hydrogens is 328 g/mol. The van der Waals surface area contributed by atoms with Crippen molar-refractivity contribution in [1.29, 1.82) is 0 Å². The smallest absolute Gasteiger partial charge is 0.254 e. The fourth-order valence-corrected chi connectivity index (χ4v) is 2.95. The zero-order valence-electron chi connectivity index (χ0n) is 14.1. The lowest BCUT2D eigenvalue weighted by atomic mass is 9.98. The summed E-state index contributed by atoms with van der Waals surface area (Å²) < 4.78 is 0. The molecule has 5 nitrogen and oxygen atoms in total. The Morgan fingerprint density at radius 1 is 0.923 bits per heavy atom. The number of hydrogen-bond acceptors (Lipinski definition) is 3. The Balaban J connectivity index is 1.79. The lowest BCUT2D eigenvalue weighted by Crippen LogP contribution is -2.47. The van der Waals surface area contributed by atoms with Crippen molar-refractivity contribution >= 4 is 22.6 Å². The topological polar surface area (TPSA) is 92.4 Å². The minimum atomic E-state index is -1.36. The van der Waals surface area contributed by atoms with E-state index >= 15 is 0 Å². The number of carbonyl (C=O) groups excluding carboxylic acids is 2. The number of rotatable bonds is 6. The van der Waals surface area contributed by atoms with E-state index in [4.69, 9.17) is 5.73 Å². The molecule has 132 valence electrons. The summed E-state index contributed by atoms with van der Waals surface area (Å²) in [6.07, 6.45) is -1.10. The third kappa shape index (κ3) is 3.90. The predicted octanol–water partition coefficient (Wildman–Crippen LogP) is 2.09. The number of aliphatic hydroxyl groups excluding tert-OH is 1. The summed E-state index contributed by atoms with van der Waals surface area (Å²) in [6, 6.07) is 21.2. The number of primary amides is 1. The van der Waals surface area contributed by atoms with Crippen molar-refractivity contribution in [1.82, 2.24) is 5.32 Å². The monoisotopic (exact) mass is 348 g/mol. The normalized spacial score (nSPS) is 13.1. The summed E-state index contributed by atoms with van der Waals surface area (Å²) in [4.78, 5) is 24.2. The molecule has 0 heterocycles. The third-order valence-corrected chi connectivity index (χ3v) is 4.33. The Morgan fingerprint density at radius 2 is 1.58 bits per heavy atom. The number of amides is 2. The number of fused-ring (bicyclic) bond motifs is 1. The molecule has 4 N–H and O–H groups in total. The van der Waals surface area contributed by atoms with Gasteiger partial charge in [-0.1, -0.05) is 72.8 Å². The van der Waals surface area contributed by atoms with Crippen molar-refractivity contribution in [3.63, 3.8) is 0 Å².